The molecule has 0 rings (SSSR count). The van der Waals surface area contributed by atoms with E-state index in [0.29, 0.717) is 0 Å². The first-order chi connectivity index (χ1) is 6.02. The number of rotatable bonds is 4. The van der Waals surface area contributed by atoms with Crippen molar-refractivity contribution in [2.75, 3.05) is 0 Å². The van der Waals surface area contributed by atoms with E-state index in [9.17, 15) is 4.79 Å². The second kappa shape index (κ2) is 6.46. The summed E-state index contributed by atoms with van der Waals surface area (Å²) in [5, 5.41) is 0. The molecule has 0 aromatic rings. The van der Waals surface area contributed by atoms with E-state index in [0.717, 1.165) is 18.4 Å². The molecule has 0 heterocycles. The highest BCUT2D eigenvalue weighted by molar-refractivity contribution is 5.66. The van der Waals surface area contributed by atoms with E-state index in [-0.39, 0.29) is 5.97 Å². The van der Waals surface area contributed by atoms with Crippen molar-refractivity contribution in [1.82, 2.24) is 0 Å². The van der Waals surface area contributed by atoms with Gasteiger partial charge in [0.1, 0.15) is 0 Å². The summed E-state index contributed by atoms with van der Waals surface area (Å²) < 4.78 is 4.74. The van der Waals surface area contributed by atoms with Crippen molar-refractivity contribution in [3.63, 3.8) is 0 Å². The molecule has 0 unspecified atom stereocenters. The van der Waals surface area contributed by atoms with Crippen LogP contribution in [0.2, 0.25) is 0 Å². The Bertz CT molecular complexity index is 220. The SMILES string of the molecule is CC(=O)O/C=C(/C)CCC=C(C)C. The number of carbonyl (C=O) groups is 1. The van der Waals surface area contributed by atoms with Crippen LogP contribution in [0.3, 0.4) is 0 Å². The second-order valence-corrected chi connectivity index (χ2v) is 3.39. The fourth-order valence-corrected chi connectivity index (χ4v) is 0.831. The van der Waals surface area contributed by atoms with Crippen molar-refractivity contribution < 1.29 is 9.53 Å². The van der Waals surface area contributed by atoms with Crippen LogP contribution in [-0.2, 0) is 9.53 Å². The lowest BCUT2D eigenvalue weighted by atomic mass is 10.1. The van der Waals surface area contributed by atoms with Crippen molar-refractivity contribution in [1.29, 1.82) is 0 Å². The lowest BCUT2D eigenvalue weighted by molar-refractivity contribution is -0.135. The summed E-state index contributed by atoms with van der Waals surface area (Å²) in [5.41, 5.74) is 2.41. The highest BCUT2D eigenvalue weighted by atomic mass is 16.5. The highest BCUT2D eigenvalue weighted by Gasteiger charge is 1.91. The second-order valence-electron chi connectivity index (χ2n) is 3.39. The Labute approximate surface area is 80.3 Å². The first-order valence-corrected chi connectivity index (χ1v) is 4.48. The van der Waals surface area contributed by atoms with E-state index >= 15 is 0 Å². The molecule has 0 saturated carbocycles. The molecule has 0 aliphatic rings. The van der Waals surface area contributed by atoms with Gasteiger partial charge in [-0.15, -0.1) is 0 Å². The van der Waals surface area contributed by atoms with Gasteiger partial charge in [-0.3, -0.25) is 4.79 Å². The third-order valence-electron chi connectivity index (χ3n) is 1.52. The Morgan fingerprint density at radius 3 is 2.31 bits per heavy atom. The minimum Gasteiger partial charge on any atom is -0.435 e. The molecule has 0 spiro atoms. The van der Waals surface area contributed by atoms with Gasteiger partial charge in [-0.05, 0) is 39.2 Å². The molecule has 74 valence electrons. The maximum atomic E-state index is 10.5. The Morgan fingerprint density at radius 1 is 1.23 bits per heavy atom. The lowest BCUT2D eigenvalue weighted by Gasteiger charge is -1.98. The predicted octanol–water partition coefficient (Wildman–Crippen LogP) is 3.20. The third kappa shape index (κ3) is 8.86. The Hall–Kier alpha value is -1.05. The first-order valence-electron chi connectivity index (χ1n) is 4.48. The van der Waals surface area contributed by atoms with E-state index in [1.807, 2.05) is 6.92 Å². The van der Waals surface area contributed by atoms with Crippen molar-refractivity contribution in [3.8, 4) is 0 Å². The summed E-state index contributed by atoms with van der Waals surface area (Å²) in [4.78, 5) is 10.5. The number of allylic oxidation sites excluding steroid dienone is 3. The third-order valence-corrected chi connectivity index (χ3v) is 1.52. The number of carbonyl (C=O) groups excluding carboxylic acids is 1. The minimum atomic E-state index is -0.262. The molecule has 0 aliphatic carbocycles. The van der Waals surface area contributed by atoms with Gasteiger partial charge >= 0.3 is 5.97 Å². The summed E-state index contributed by atoms with van der Waals surface area (Å²) >= 11 is 0. The molecule has 0 aliphatic heterocycles. The number of ether oxygens (including phenoxy) is 1. The summed E-state index contributed by atoms with van der Waals surface area (Å²) in [6, 6.07) is 0. The molecule has 13 heavy (non-hydrogen) atoms. The largest absolute Gasteiger partial charge is 0.435 e. The fraction of sp³-hybridized carbons (Fsp3) is 0.545. The molecule has 0 bridgehead atoms. The van der Waals surface area contributed by atoms with Gasteiger partial charge in [-0.1, -0.05) is 11.6 Å². The van der Waals surface area contributed by atoms with Gasteiger partial charge in [0.25, 0.3) is 0 Å². The summed E-state index contributed by atoms with van der Waals surface area (Å²) in [5.74, 6) is -0.262. The van der Waals surface area contributed by atoms with Crippen LogP contribution in [0.4, 0.5) is 0 Å². The Kier molecular flexibility index (Phi) is 5.94. The smallest absolute Gasteiger partial charge is 0.307 e. The predicted molar refractivity (Wildman–Crippen MR) is 54.2 cm³/mol. The van der Waals surface area contributed by atoms with Crippen molar-refractivity contribution >= 4 is 5.97 Å². The molecule has 2 heteroatoms. The quantitative estimate of drug-likeness (QED) is 0.379. The molecule has 0 aromatic heterocycles. The normalized spacial score (nSPS) is 10.9. The first kappa shape index (κ1) is 11.9. The van der Waals surface area contributed by atoms with E-state index in [4.69, 9.17) is 4.74 Å². The number of hydrogen-bond donors (Lipinski definition) is 0. The maximum absolute atomic E-state index is 10.5. The van der Waals surface area contributed by atoms with E-state index in [1.54, 1.807) is 0 Å². The summed E-state index contributed by atoms with van der Waals surface area (Å²) in [6.07, 6.45) is 5.65. The molecule has 0 radical (unpaired) electrons. The van der Waals surface area contributed by atoms with Gasteiger partial charge in [0.15, 0.2) is 0 Å². The van der Waals surface area contributed by atoms with Gasteiger partial charge < -0.3 is 4.74 Å². The minimum absolute atomic E-state index is 0.262. The monoisotopic (exact) mass is 182 g/mol. The summed E-state index contributed by atoms with van der Waals surface area (Å²) in [6.45, 7) is 7.51. The van der Waals surface area contributed by atoms with E-state index < -0.39 is 0 Å². The highest BCUT2D eigenvalue weighted by Crippen LogP contribution is 2.06. The van der Waals surface area contributed by atoms with E-state index in [1.165, 1.54) is 18.8 Å². The van der Waals surface area contributed by atoms with Crippen molar-refractivity contribution in [2.24, 2.45) is 0 Å². The molecule has 0 atom stereocenters. The van der Waals surface area contributed by atoms with E-state index in [2.05, 4.69) is 19.9 Å². The standard InChI is InChI=1S/C11H18O2/c1-9(2)6-5-7-10(3)8-13-11(4)12/h6,8H,5,7H2,1-4H3/b10-8-. The summed E-state index contributed by atoms with van der Waals surface area (Å²) in [7, 11) is 0. The Morgan fingerprint density at radius 2 is 1.85 bits per heavy atom. The molecule has 0 saturated heterocycles. The van der Waals surface area contributed by atoms with Gasteiger partial charge in [-0.2, -0.15) is 0 Å². The van der Waals surface area contributed by atoms with Crippen LogP contribution in [0.1, 0.15) is 40.5 Å². The Balaban J connectivity index is 3.73. The molecule has 0 fully saturated rings. The van der Waals surface area contributed by atoms with Crippen LogP contribution < -0.4 is 0 Å². The fourth-order valence-electron chi connectivity index (χ4n) is 0.831. The molecule has 0 amide bonds. The van der Waals surface area contributed by atoms with Crippen LogP contribution in [0.15, 0.2) is 23.5 Å². The molecular formula is C11H18O2. The zero-order valence-corrected chi connectivity index (χ0v) is 8.89. The number of hydrogen-bond acceptors (Lipinski definition) is 2. The van der Waals surface area contributed by atoms with Crippen LogP contribution in [0, 0.1) is 0 Å². The lowest BCUT2D eigenvalue weighted by Crippen LogP contribution is -1.91. The molecular weight excluding hydrogens is 164 g/mol. The van der Waals surface area contributed by atoms with Gasteiger partial charge in [-0.25, -0.2) is 0 Å². The maximum Gasteiger partial charge on any atom is 0.307 e. The van der Waals surface area contributed by atoms with Crippen molar-refractivity contribution in [3.05, 3.63) is 23.5 Å². The zero-order chi connectivity index (χ0) is 10.3. The molecule has 0 N–H and O–H groups in total. The van der Waals surface area contributed by atoms with Crippen molar-refractivity contribution in [2.45, 2.75) is 40.5 Å². The van der Waals surface area contributed by atoms with Crippen LogP contribution >= 0.6 is 0 Å². The average Bonchev–Trinajstić information content (AvgIpc) is 2.00. The van der Waals surface area contributed by atoms with Gasteiger partial charge in [0, 0.05) is 6.92 Å². The average molecular weight is 182 g/mol. The topological polar surface area (TPSA) is 26.3 Å². The zero-order valence-electron chi connectivity index (χ0n) is 8.89. The molecule has 0 aromatic carbocycles. The van der Waals surface area contributed by atoms with Crippen LogP contribution in [0.5, 0.6) is 0 Å². The van der Waals surface area contributed by atoms with Crippen LogP contribution in [0.25, 0.3) is 0 Å². The number of esters is 1. The van der Waals surface area contributed by atoms with Gasteiger partial charge in [0.2, 0.25) is 0 Å². The molecule has 2 nitrogen and oxygen atoms in total. The van der Waals surface area contributed by atoms with Gasteiger partial charge in [0.05, 0.1) is 6.26 Å². The van der Waals surface area contributed by atoms with Crippen LogP contribution in [-0.4, -0.2) is 5.97 Å².